The minimum absolute atomic E-state index is 0.0323. The molecule has 1 amide bonds. The lowest BCUT2D eigenvalue weighted by Gasteiger charge is -2.19. The Morgan fingerprint density at radius 2 is 2.21 bits per heavy atom. The molecule has 0 aromatic carbocycles. The number of rotatable bonds is 7. The van der Waals surface area contributed by atoms with E-state index in [1.54, 1.807) is 11.9 Å². The van der Waals surface area contributed by atoms with E-state index in [0.29, 0.717) is 32.6 Å². The van der Waals surface area contributed by atoms with Crippen LogP contribution >= 0.6 is 0 Å². The van der Waals surface area contributed by atoms with Crippen molar-refractivity contribution in [2.24, 2.45) is 11.7 Å². The number of carbonyl (C=O) groups is 2. The maximum Gasteiger partial charge on any atom is 0.310 e. The molecule has 0 aromatic heterocycles. The van der Waals surface area contributed by atoms with Gasteiger partial charge in [-0.05, 0) is 25.9 Å². The fourth-order valence-electron chi connectivity index (χ4n) is 2.29. The average Bonchev–Trinajstić information content (AvgIpc) is 2.89. The van der Waals surface area contributed by atoms with Gasteiger partial charge in [0.05, 0.1) is 13.0 Å². The normalized spacial score (nSPS) is 19.4. The summed E-state index contributed by atoms with van der Waals surface area (Å²) in [5, 5.41) is 0. The number of hydrogen-bond donors (Lipinski definition) is 1. The lowest BCUT2D eigenvalue weighted by atomic mass is 10.1. The number of likely N-dealkylation sites (tertiary alicyclic amines) is 1. The van der Waals surface area contributed by atoms with Crippen molar-refractivity contribution >= 4 is 11.9 Å². The number of esters is 1. The highest BCUT2D eigenvalue weighted by molar-refractivity contribution is 5.76. The van der Waals surface area contributed by atoms with E-state index >= 15 is 0 Å². The van der Waals surface area contributed by atoms with Gasteiger partial charge in [-0.25, -0.2) is 0 Å². The number of methoxy groups -OCH3 is 1. The summed E-state index contributed by atoms with van der Waals surface area (Å²) in [5.41, 5.74) is 5.42. The zero-order valence-electron chi connectivity index (χ0n) is 11.9. The zero-order chi connectivity index (χ0) is 14.3. The van der Waals surface area contributed by atoms with E-state index in [1.807, 2.05) is 0 Å². The zero-order valence-corrected chi connectivity index (χ0v) is 11.9. The molecule has 1 rings (SSSR count). The van der Waals surface area contributed by atoms with E-state index in [1.165, 1.54) is 7.11 Å². The smallest absolute Gasteiger partial charge is 0.310 e. The number of carbonyl (C=O) groups excluding carboxylic acids is 2. The number of nitrogens with two attached hydrogens (primary N) is 1. The summed E-state index contributed by atoms with van der Waals surface area (Å²) in [6, 6.07) is 0. The van der Waals surface area contributed by atoms with Gasteiger partial charge in [0, 0.05) is 33.1 Å². The lowest BCUT2D eigenvalue weighted by molar-refractivity contribution is -0.144. The summed E-state index contributed by atoms with van der Waals surface area (Å²) in [6.07, 6.45) is 2.15. The molecule has 0 spiro atoms. The maximum absolute atomic E-state index is 11.8. The molecular formula is C13H25N3O3. The molecule has 19 heavy (non-hydrogen) atoms. The summed E-state index contributed by atoms with van der Waals surface area (Å²) in [4.78, 5) is 27.1. The second-order valence-electron chi connectivity index (χ2n) is 5.02. The third-order valence-electron chi connectivity index (χ3n) is 3.57. The van der Waals surface area contributed by atoms with Crippen LogP contribution in [0.1, 0.15) is 19.3 Å². The molecule has 110 valence electrons. The Morgan fingerprint density at radius 3 is 2.84 bits per heavy atom. The number of ether oxygens (including phenoxy) is 1. The predicted octanol–water partition coefficient (Wildman–Crippen LogP) is -0.321. The molecule has 2 N–H and O–H groups in total. The van der Waals surface area contributed by atoms with Crippen LogP contribution in [0.3, 0.4) is 0 Å². The highest BCUT2D eigenvalue weighted by Crippen LogP contribution is 2.17. The largest absolute Gasteiger partial charge is 0.469 e. The second-order valence-corrected chi connectivity index (χ2v) is 5.02. The van der Waals surface area contributed by atoms with Crippen molar-refractivity contribution in [2.75, 3.05) is 46.9 Å². The number of nitrogens with zero attached hydrogens (tertiary/aromatic N) is 2. The minimum Gasteiger partial charge on any atom is -0.469 e. The van der Waals surface area contributed by atoms with Crippen LogP contribution in [-0.2, 0) is 14.3 Å². The predicted molar refractivity (Wildman–Crippen MR) is 72.5 cm³/mol. The van der Waals surface area contributed by atoms with E-state index in [4.69, 9.17) is 10.5 Å². The fraction of sp³-hybridized carbons (Fsp3) is 0.846. The van der Waals surface area contributed by atoms with Crippen molar-refractivity contribution in [2.45, 2.75) is 19.3 Å². The van der Waals surface area contributed by atoms with Gasteiger partial charge in [0.1, 0.15) is 0 Å². The Balaban J connectivity index is 2.23. The van der Waals surface area contributed by atoms with Crippen molar-refractivity contribution in [3.05, 3.63) is 0 Å². The molecule has 1 aliphatic heterocycles. The van der Waals surface area contributed by atoms with Crippen LogP contribution in [0.25, 0.3) is 0 Å². The van der Waals surface area contributed by atoms with Gasteiger partial charge in [-0.2, -0.15) is 0 Å². The van der Waals surface area contributed by atoms with Crippen LogP contribution in [0.15, 0.2) is 0 Å². The highest BCUT2D eigenvalue weighted by atomic mass is 16.5. The van der Waals surface area contributed by atoms with Gasteiger partial charge in [0.15, 0.2) is 0 Å². The maximum atomic E-state index is 11.8. The van der Waals surface area contributed by atoms with Crippen LogP contribution < -0.4 is 5.73 Å². The molecule has 1 saturated heterocycles. The summed E-state index contributed by atoms with van der Waals surface area (Å²) in [6.45, 7) is 3.58. The molecule has 0 radical (unpaired) electrons. The van der Waals surface area contributed by atoms with Crippen LogP contribution in [0.5, 0.6) is 0 Å². The van der Waals surface area contributed by atoms with Crippen LogP contribution in [-0.4, -0.2) is 68.6 Å². The summed E-state index contributed by atoms with van der Waals surface area (Å²) >= 11 is 0. The van der Waals surface area contributed by atoms with Gasteiger partial charge in [-0.1, -0.05) is 0 Å². The van der Waals surface area contributed by atoms with Crippen molar-refractivity contribution in [3.8, 4) is 0 Å². The lowest BCUT2D eigenvalue weighted by Crippen LogP contribution is -2.33. The van der Waals surface area contributed by atoms with Gasteiger partial charge in [0.2, 0.25) is 5.91 Å². The summed E-state index contributed by atoms with van der Waals surface area (Å²) in [7, 11) is 3.22. The molecule has 1 aliphatic rings. The Bertz CT molecular complexity index is 310. The molecule has 6 heteroatoms. The monoisotopic (exact) mass is 271 g/mol. The van der Waals surface area contributed by atoms with Crippen LogP contribution in [0.4, 0.5) is 0 Å². The van der Waals surface area contributed by atoms with Crippen molar-refractivity contribution in [1.29, 1.82) is 0 Å². The van der Waals surface area contributed by atoms with Crippen molar-refractivity contribution in [3.63, 3.8) is 0 Å². The van der Waals surface area contributed by atoms with E-state index in [2.05, 4.69) is 4.90 Å². The SMILES string of the molecule is COC(=O)C1CCN(CCC(=O)N(C)CCCN)C1. The average molecular weight is 271 g/mol. The Labute approximate surface area is 114 Å². The minimum atomic E-state index is -0.145. The molecule has 1 heterocycles. The van der Waals surface area contributed by atoms with Crippen LogP contribution in [0.2, 0.25) is 0 Å². The van der Waals surface area contributed by atoms with E-state index < -0.39 is 0 Å². The first kappa shape index (κ1) is 15.9. The van der Waals surface area contributed by atoms with Crippen molar-refractivity contribution in [1.82, 2.24) is 9.80 Å². The third kappa shape index (κ3) is 5.16. The highest BCUT2D eigenvalue weighted by Gasteiger charge is 2.29. The molecular weight excluding hydrogens is 246 g/mol. The van der Waals surface area contributed by atoms with Crippen LogP contribution in [0, 0.1) is 5.92 Å². The molecule has 1 atom stereocenters. The van der Waals surface area contributed by atoms with Gasteiger partial charge in [-0.15, -0.1) is 0 Å². The van der Waals surface area contributed by atoms with Gasteiger partial charge < -0.3 is 20.3 Å². The van der Waals surface area contributed by atoms with Crippen molar-refractivity contribution < 1.29 is 14.3 Å². The van der Waals surface area contributed by atoms with Gasteiger partial charge in [-0.3, -0.25) is 9.59 Å². The topological polar surface area (TPSA) is 75.9 Å². The molecule has 0 aliphatic carbocycles. The van der Waals surface area contributed by atoms with Gasteiger partial charge >= 0.3 is 5.97 Å². The molecule has 0 saturated carbocycles. The first-order valence-corrected chi connectivity index (χ1v) is 6.82. The Morgan fingerprint density at radius 1 is 1.47 bits per heavy atom. The van der Waals surface area contributed by atoms with Gasteiger partial charge in [0.25, 0.3) is 0 Å². The number of amides is 1. The molecule has 0 bridgehead atoms. The Hall–Kier alpha value is -1.14. The quantitative estimate of drug-likeness (QED) is 0.642. The van der Waals surface area contributed by atoms with E-state index in [-0.39, 0.29) is 17.8 Å². The second kappa shape index (κ2) is 8.12. The molecule has 6 nitrogen and oxygen atoms in total. The number of hydrogen-bond acceptors (Lipinski definition) is 5. The summed E-state index contributed by atoms with van der Waals surface area (Å²) < 4.78 is 4.74. The first-order valence-electron chi connectivity index (χ1n) is 6.82. The van der Waals surface area contributed by atoms with E-state index in [9.17, 15) is 9.59 Å². The first-order chi connectivity index (χ1) is 9.08. The third-order valence-corrected chi connectivity index (χ3v) is 3.57. The summed E-state index contributed by atoms with van der Waals surface area (Å²) in [5.74, 6) is -0.0427. The molecule has 1 unspecified atom stereocenters. The molecule has 1 fully saturated rings. The Kier molecular flexibility index (Phi) is 6.80. The standard InChI is InChI=1S/C13H25N3O3/c1-15(7-3-6-14)12(17)5-9-16-8-4-11(10-16)13(18)19-2/h11H,3-10,14H2,1-2H3. The van der Waals surface area contributed by atoms with E-state index in [0.717, 1.165) is 19.4 Å². The fourth-order valence-corrected chi connectivity index (χ4v) is 2.29. The molecule has 0 aromatic rings.